The second-order valence-electron chi connectivity index (χ2n) is 10.8. The molecule has 2 amide bonds. The van der Waals surface area contributed by atoms with Crippen molar-refractivity contribution in [3.8, 4) is 5.88 Å². The highest BCUT2D eigenvalue weighted by Crippen LogP contribution is 2.33. The fraction of sp³-hybridized carbons (Fsp3) is 0.517. The average molecular weight is 553 g/mol. The van der Waals surface area contributed by atoms with Crippen LogP contribution in [0.15, 0.2) is 41.5 Å². The Balaban J connectivity index is 1.41. The molecule has 214 valence electrons. The van der Waals surface area contributed by atoms with Crippen molar-refractivity contribution in [2.45, 2.75) is 51.6 Å². The molecule has 3 heterocycles. The number of carbonyl (C=O) groups excluding carboxylic acids is 2. The molecule has 2 fully saturated rings. The number of nitrogens with zero attached hydrogens (tertiary/aromatic N) is 4. The summed E-state index contributed by atoms with van der Waals surface area (Å²) in [6.45, 7) is 8.45. The van der Waals surface area contributed by atoms with E-state index in [4.69, 9.17) is 9.47 Å². The monoisotopic (exact) mass is 552 g/mol. The molecule has 5 rings (SSSR count). The van der Waals surface area contributed by atoms with E-state index in [0.717, 1.165) is 69.6 Å². The first kappa shape index (κ1) is 28.0. The lowest BCUT2D eigenvalue weighted by molar-refractivity contribution is -0.126. The van der Waals surface area contributed by atoms with Gasteiger partial charge in [0, 0.05) is 49.3 Å². The van der Waals surface area contributed by atoms with E-state index in [1.165, 1.54) is 24.3 Å². The normalized spacial score (nSPS) is 20.6. The van der Waals surface area contributed by atoms with Gasteiger partial charge in [-0.1, -0.05) is 0 Å². The number of nitrogens with one attached hydrogen (secondary N) is 2. The third-order valence-electron chi connectivity index (χ3n) is 7.51. The molecule has 1 saturated carbocycles. The van der Waals surface area contributed by atoms with Crippen molar-refractivity contribution >= 4 is 22.8 Å². The number of ether oxygens (including phenoxy) is 2. The summed E-state index contributed by atoms with van der Waals surface area (Å²) in [5, 5.41) is 3.02. The van der Waals surface area contributed by atoms with Crippen molar-refractivity contribution in [2.24, 2.45) is 10.9 Å². The Morgan fingerprint density at radius 1 is 1.18 bits per heavy atom. The number of H-pyrrole nitrogens is 1. The molecule has 2 aromatic heterocycles. The van der Waals surface area contributed by atoms with Gasteiger partial charge in [0.1, 0.15) is 12.4 Å². The van der Waals surface area contributed by atoms with E-state index in [2.05, 4.69) is 25.2 Å². The summed E-state index contributed by atoms with van der Waals surface area (Å²) >= 11 is 0. The molecule has 0 radical (unpaired) electrons. The van der Waals surface area contributed by atoms with Crippen molar-refractivity contribution in [1.29, 1.82) is 0 Å². The highest BCUT2D eigenvalue weighted by atomic mass is 19.1. The quantitative estimate of drug-likeness (QED) is 0.444. The molecule has 1 aliphatic carbocycles. The van der Waals surface area contributed by atoms with Crippen LogP contribution in [0.25, 0.3) is 11.0 Å². The number of morpholine rings is 1. The molecule has 1 aliphatic heterocycles. The van der Waals surface area contributed by atoms with Gasteiger partial charge < -0.3 is 24.3 Å². The number of halogens is 1. The maximum Gasteiger partial charge on any atom is 0.280 e. The zero-order valence-electron chi connectivity index (χ0n) is 23.1. The molecular weight excluding hydrogens is 515 g/mol. The standard InChI is InChI=1S/C29H37FN6O4/c1-19(2)32-27(37)21-5-9-23(10-6-21)36-25-17-26(40-16-13-35-11-14-39-15-12-35)31-18-24(25)33-29(36)34-28(38)20-3-7-22(30)8-4-20/h3-4,7-8,17-19,21,23H,5-6,9-16H2,1-2H3,(H,32,37)(H,33,34,38)/t21-,23+. The van der Waals surface area contributed by atoms with Crippen molar-refractivity contribution < 1.29 is 23.5 Å². The fourth-order valence-corrected chi connectivity index (χ4v) is 5.40. The van der Waals surface area contributed by atoms with Crippen LogP contribution in [0.5, 0.6) is 5.88 Å². The number of aromatic nitrogens is 3. The number of aromatic amines is 1. The maximum absolute atomic E-state index is 13.4. The molecule has 0 unspecified atom stereocenters. The lowest BCUT2D eigenvalue weighted by Gasteiger charge is -2.29. The van der Waals surface area contributed by atoms with Gasteiger partial charge in [0.05, 0.1) is 30.4 Å². The molecule has 40 heavy (non-hydrogen) atoms. The second-order valence-corrected chi connectivity index (χ2v) is 10.8. The lowest BCUT2D eigenvalue weighted by Crippen LogP contribution is -2.38. The first-order valence-electron chi connectivity index (χ1n) is 14.1. The SMILES string of the molecule is CC(C)NC(=O)[C@H]1CC[C@@H](n2/c(=N/C(=O)c3ccc(F)cc3)[nH]c3cnc(OCCN4CCOCC4)cc32)CC1. The molecule has 1 aromatic carbocycles. The number of hydrogen-bond donors (Lipinski definition) is 2. The number of fused-ring (bicyclic) bond motifs is 1. The third kappa shape index (κ3) is 6.76. The molecular formula is C29H37FN6O4. The van der Waals surface area contributed by atoms with Crippen LogP contribution in [0, 0.1) is 11.7 Å². The van der Waals surface area contributed by atoms with E-state index in [-0.39, 0.29) is 23.9 Å². The number of imidazole rings is 1. The summed E-state index contributed by atoms with van der Waals surface area (Å²) in [7, 11) is 0. The topological polar surface area (TPSA) is 114 Å². The minimum atomic E-state index is -0.472. The number of benzene rings is 1. The number of carbonyl (C=O) groups is 2. The zero-order chi connectivity index (χ0) is 28.1. The summed E-state index contributed by atoms with van der Waals surface area (Å²) in [6, 6.07) is 7.35. The first-order valence-corrected chi connectivity index (χ1v) is 14.1. The maximum atomic E-state index is 13.4. The first-order chi connectivity index (χ1) is 19.4. The van der Waals surface area contributed by atoms with Gasteiger partial charge in [0.15, 0.2) is 0 Å². The summed E-state index contributed by atoms with van der Waals surface area (Å²) in [5.41, 5.74) is 2.25. The van der Waals surface area contributed by atoms with Gasteiger partial charge >= 0.3 is 0 Å². The van der Waals surface area contributed by atoms with Gasteiger partial charge in [0.2, 0.25) is 17.4 Å². The van der Waals surface area contributed by atoms with Crippen molar-refractivity contribution in [1.82, 2.24) is 24.8 Å². The number of rotatable bonds is 8. The van der Waals surface area contributed by atoms with Crippen LogP contribution in [-0.2, 0) is 9.53 Å². The Kier molecular flexibility index (Phi) is 8.91. The van der Waals surface area contributed by atoms with E-state index in [1.807, 2.05) is 24.5 Å². The zero-order valence-corrected chi connectivity index (χ0v) is 23.1. The fourth-order valence-electron chi connectivity index (χ4n) is 5.40. The molecule has 2 N–H and O–H groups in total. The summed E-state index contributed by atoms with van der Waals surface area (Å²) < 4.78 is 26.9. The summed E-state index contributed by atoms with van der Waals surface area (Å²) in [4.78, 5) is 40.0. The van der Waals surface area contributed by atoms with Crippen LogP contribution < -0.4 is 15.7 Å². The molecule has 0 bridgehead atoms. The van der Waals surface area contributed by atoms with Crippen LogP contribution in [0.3, 0.4) is 0 Å². The van der Waals surface area contributed by atoms with Crippen LogP contribution in [0.1, 0.15) is 55.9 Å². The average Bonchev–Trinajstić information content (AvgIpc) is 3.30. The van der Waals surface area contributed by atoms with E-state index >= 15 is 0 Å². The van der Waals surface area contributed by atoms with Gasteiger partial charge in [0.25, 0.3) is 5.91 Å². The molecule has 3 aromatic rings. The third-order valence-corrected chi connectivity index (χ3v) is 7.51. The Hall–Kier alpha value is -3.57. The van der Waals surface area contributed by atoms with Crippen molar-refractivity contribution in [3.63, 3.8) is 0 Å². The molecule has 1 saturated heterocycles. The largest absolute Gasteiger partial charge is 0.476 e. The van der Waals surface area contributed by atoms with Crippen molar-refractivity contribution in [2.75, 3.05) is 39.5 Å². The van der Waals surface area contributed by atoms with Gasteiger partial charge in [-0.25, -0.2) is 9.37 Å². The minimum Gasteiger partial charge on any atom is -0.476 e. The predicted molar refractivity (Wildman–Crippen MR) is 147 cm³/mol. The Morgan fingerprint density at radius 2 is 1.90 bits per heavy atom. The van der Waals surface area contributed by atoms with Crippen LogP contribution in [-0.4, -0.2) is 76.7 Å². The van der Waals surface area contributed by atoms with E-state index < -0.39 is 11.7 Å². The minimum absolute atomic E-state index is 0.0280. The second kappa shape index (κ2) is 12.7. The van der Waals surface area contributed by atoms with Crippen molar-refractivity contribution in [3.05, 3.63) is 53.5 Å². The lowest BCUT2D eigenvalue weighted by atomic mass is 9.85. The summed E-state index contributed by atoms with van der Waals surface area (Å²) in [5.74, 6) is -0.335. The number of hydrogen-bond acceptors (Lipinski definition) is 6. The van der Waals surface area contributed by atoms with Gasteiger partial charge in [-0.3, -0.25) is 14.5 Å². The predicted octanol–water partition coefficient (Wildman–Crippen LogP) is 3.21. The number of amides is 2. The summed E-state index contributed by atoms with van der Waals surface area (Å²) in [6.07, 6.45) is 4.69. The Labute approximate surface area is 232 Å². The molecule has 0 atom stereocenters. The molecule has 2 aliphatic rings. The van der Waals surface area contributed by atoms with E-state index in [0.29, 0.717) is 23.7 Å². The number of pyridine rings is 1. The van der Waals surface area contributed by atoms with Gasteiger partial charge in [-0.15, -0.1) is 0 Å². The Bertz CT molecular complexity index is 1390. The van der Waals surface area contributed by atoms with E-state index in [9.17, 15) is 14.0 Å². The van der Waals surface area contributed by atoms with Gasteiger partial charge in [-0.2, -0.15) is 4.99 Å². The Morgan fingerprint density at radius 3 is 2.60 bits per heavy atom. The van der Waals surface area contributed by atoms with Crippen LogP contribution in [0.4, 0.5) is 4.39 Å². The molecule has 11 heteroatoms. The highest BCUT2D eigenvalue weighted by molar-refractivity contribution is 5.94. The highest BCUT2D eigenvalue weighted by Gasteiger charge is 2.29. The molecule has 10 nitrogen and oxygen atoms in total. The van der Waals surface area contributed by atoms with Crippen LogP contribution in [0.2, 0.25) is 0 Å². The molecule has 0 spiro atoms. The smallest absolute Gasteiger partial charge is 0.280 e. The van der Waals surface area contributed by atoms with E-state index in [1.54, 1.807) is 6.20 Å². The van der Waals surface area contributed by atoms with Gasteiger partial charge in [-0.05, 0) is 63.8 Å². The van der Waals surface area contributed by atoms with Crippen LogP contribution >= 0.6 is 0 Å².